The number of carbonyl (C=O) groups is 2. The van der Waals surface area contributed by atoms with Gasteiger partial charge in [0.05, 0.1) is 12.2 Å². The van der Waals surface area contributed by atoms with Crippen LogP contribution in [0.1, 0.15) is 18.4 Å². The SMILES string of the molecule is CCn1cccc1-c1noc(CNC(=O)CNC(=O)OCc2ccccc2)n1. The molecule has 28 heavy (non-hydrogen) atoms. The molecule has 0 saturated carbocycles. The van der Waals surface area contributed by atoms with E-state index in [0.29, 0.717) is 5.82 Å². The van der Waals surface area contributed by atoms with Gasteiger partial charge < -0.3 is 24.5 Å². The molecular formula is C19H21N5O4. The van der Waals surface area contributed by atoms with Crippen LogP contribution >= 0.6 is 0 Å². The van der Waals surface area contributed by atoms with Crippen LogP contribution < -0.4 is 10.6 Å². The first kappa shape index (κ1) is 19.2. The van der Waals surface area contributed by atoms with E-state index in [1.165, 1.54) is 0 Å². The van der Waals surface area contributed by atoms with E-state index >= 15 is 0 Å². The maximum absolute atomic E-state index is 11.9. The van der Waals surface area contributed by atoms with Crippen LogP contribution in [0.25, 0.3) is 11.5 Å². The first-order valence-electron chi connectivity index (χ1n) is 8.85. The molecule has 0 bridgehead atoms. The van der Waals surface area contributed by atoms with Crippen LogP contribution in [-0.4, -0.2) is 33.3 Å². The molecule has 146 valence electrons. The van der Waals surface area contributed by atoms with E-state index in [0.717, 1.165) is 17.8 Å². The summed E-state index contributed by atoms with van der Waals surface area (Å²) in [6.45, 7) is 2.79. The third-order valence-corrected chi connectivity index (χ3v) is 3.91. The molecule has 0 aliphatic heterocycles. The predicted molar refractivity (Wildman–Crippen MR) is 99.9 cm³/mol. The molecule has 0 aliphatic rings. The predicted octanol–water partition coefficient (Wildman–Crippen LogP) is 2.10. The summed E-state index contributed by atoms with van der Waals surface area (Å²) < 4.78 is 12.2. The van der Waals surface area contributed by atoms with Crippen LogP contribution in [0.15, 0.2) is 53.2 Å². The first-order chi connectivity index (χ1) is 13.7. The van der Waals surface area contributed by atoms with Gasteiger partial charge in [0.2, 0.25) is 17.6 Å². The zero-order chi connectivity index (χ0) is 19.8. The lowest BCUT2D eigenvalue weighted by atomic mass is 10.2. The summed E-state index contributed by atoms with van der Waals surface area (Å²) in [6, 6.07) is 13.1. The lowest BCUT2D eigenvalue weighted by molar-refractivity contribution is -0.120. The normalized spacial score (nSPS) is 10.5. The fourth-order valence-electron chi connectivity index (χ4n) is 2.49. The molecule has 0 radical (unpaired) electrons. The number of ether oxygens (including phenoxy) is 1. The summed E-state index contributed by atoms with van der Waals surface area (Å²) in [5.74, 6) is 0.339. The van der Waals surface area contributed by atoms with Crippen LogP contribution in [-0.2, 0) is 29.2 Å². The van der Waals surface area contributed by atoms with Crippen molar-refractivity contribution in [3.05, 3.63) is 60.1 Å². The molecule has 0 aliphatic carbocycles. The van der Waals surface area contributed by atoms with Crippen LogP contribution in [0, 0.1) is 0 Å². The Morgan fingerprint density at radius 3 is 2.75 bits per heavy atom. The molecule has 0 atom stereocenters. The van der Waals surface area contributed by atoms with Crippen molar-refractivity contribution in [2.24, 2.45) is 0 Å². The quantitative estimate of drug-likeness (QED) is 0.616. The van der Waals surface area contributed by atoms with Crippen LogP contribution in [0.2, 0.25) is 0 Å². The van der Waals surface area contributed by atoms with Gasteiger partial charge in [0, 0.05) is 12.7 Å². The molecule has 3 aromatic rings. The van der Waals surface area contributed by atoms with Crippen molar-refractivity contribution in [2.45, 2.75) is 26.6 Å². The van der Waals surface area contributed by atoms with Crippen molar-refractivity contribution in [1.82, 2.24) is 25.3 Å². The van der Waals surface area contributed by atoms with Crippen molar-refractivity contribution in [3.8, 4) is 11.5 Å². The third kappa shape index (κ3) is 5.19. The van der Waals surface area contributed by atoms with E-state index in [9.17, 15) is 9.59 Å². The fourth-order valence-corrected chi connectivity index (χ4v) is 2.49. The minimum atomic E-state index is -0.667. The first-order valence-corrected chi connectivity index (χ1v) is 8.85. The monoisotopic (exact) mass is 383 g/mol. The highest BCUT2D eigenvalue weighted by Gasteiger charge is 2.13. The molecular weight excluding hydrogens is 362 g/mol. The Balaban J connectivity index is 1.39. The van der Waals surface area contributed by atoms with Gasteiger partial charge in [0.25, 0.3) is 0 Å². The number of carbonyl (C=O) groups excluding carboxylic acids is 2. The second-order valence-electron chi connectivity index (χ2n) is 5.88. The zero-order valence-corrected chi connectivity index (χ0v) is 15.4. The van der Waals surface area contributed by atoms with Crippen LogP contribution in [0.3, 0.4) is 0 Å². The van der Waals surface area contributed by atoms with Gasteiger partial charge in [0.1, 0.15) is 13.2 Å². The number of rotatable bonds is 8. The zero-order valence-electron chi connectivity index (χ0n) is 15.4. The lowest BCUT2D eigenvalue weighted by Crippen LogP contribution is -2.36. The lowest BCUT2D eigenvalue weighted by Gasteiger charge is -2.07. The number of aryl methyl sites for hydroxylation is 1. The van der Waals surface area contributed by atoms with E-state index in [1.54, 1.807) is 0 Å². The Morgan fingerprint density at radius 1 is 1.14 bits per heavy atom. The molecule has 2 heterocycles. The molecule has 2 N–H and O–H groups in total. The van der Waals surface area contributed by atoms with Crippen molar-refractivity contribution in [3.63, 3.8) is 0 Å². The van der Waals surface area contributed by atoms with Gasteiger partial charge >= 0.3 is 6.09 Å². The second kappa shape index (κ2) is 9.36. The number of hydrogen-bond donors (Lipinski definition) is 2. The fraction of sp³-hybridized carbons (Fsp3) is 0.263. The van der Waals surface area contributed by atoms with Gasteiger partial charge in [-0.05, 0) is 24.6 Å². The van der Waals surface area contributed by atoms with Crippen LogP contribution in [0.5, 0.6) is 0 Å². The number of nitrogens with zero attached hydrogens (tertiary/aromatic N) is 3. The minimum absolute atomic E-state index is 0.0689. The molecule has 9 nitrogen and oxygen atoms in total. The van der Waals surface area contributed by atoms with Crippen molar-refractivity contribution in [2.75, 3.05) is 6.54 Å². The summed E-state index contributed by atoms with van der Waals surface area (Å²) in [6.07, 6.45) is 1.26. The summed E-state index contributed by atoms with van der Waals surface area (Å²) in [5.41, 5.74) is 1.70. The number of benzene rings is 1. The Hall–Kier alpha value is -3.62. The largest absolute Gasteiger partial charge is 0.445 e. The number of alkyl carbamates (subject to hydrolysis) is 1. The molecule has 3 rings (SSSR count). The van der Waals surface area contributed by atoms with E-state index in [2.05, 4.69) is 20.8 Å². The summed E-state index contributed by atoms with van der Waals surface area (Å²) >= 11 is 0. The number of aromatic nitrogens is 3. The Morgan fingerprint density at radius 2 is 1.96 bits per heavy atom. The molecule has 0 spiro atoms. The van der Waals surface area contributed by atoms with Crippen LogP contribution in [0.4, 0.5) is 4.79 Å². The average Bonchev–Trinajstić information content (AvgIpc) is 3.38. The summed E-state index contributed by atoms with van der Waals surface area (Å²) in [7, 11) is 0. The Bertz CT molecular complexity index is 919. The molecule has 2 amide bonds. The van der Waals surface area contributed by atoms with E-state index in [1.807, 2.05) is 60.2 Å². The average molecular weight is 383 g/mol. The molecule has 0 unspecified atom stereocenters. The van der Waals surface area contributed by atoms with E-state index in [4.69, 9.17) is 9.26 Å². The molecule has 2 aromatic heterocycles. The maximum atomic E-state index is 11.9. The van der Waals surface area contributed by atoms with Gasteiger partial charge in [-0.25, -0.2) is 4.79 Å². The smallest absolute Gasteiger partial charge is 0.407 e. The molecule has 1 aromatic carbocycles. The molecule has 9 heteroatoms. The topological polar surface area (TPSA) is 111 Å². The highest BCUT2D eigenvalue weighted by Crippen LogP contribution is 2.16. The van der Waals surface area contributed by atoms with Gasteiger partial charge in [-0.2, -0.15) is 4.98 Å². The minimum Gasteiger partial charge on any atom is -0.445 e. The second-order valence-corrected chi connectivity index (χ2v) is 5.88. The Labute approximate surface area is 161 Å². The van der Waals surface area contributed by atoms with Gasteiger partial charge in [-0.15, -0.1) is 0 Å². The van der Waals surface area contributed by atoms with Gasteiger partial charge in [0.15, 0.2) is 0 Å². The molecule has 0 saturated heterocycles. The van der Waals surface area contributed by atoms with Gasteiger partial charge in [-0.3, -0.25) is 4.79 Å². The highest BCUT2D eigenvalue weighted by molar-refractivity contribution is 5.81. The van der Waals surface area contributed by atoms with E-state index < -0.39 is 12.0 Å². The van der Waals surface area contributed by atoms with E-state index in [-0.39, 0.29) is 25.6 Å². The summed E-state index contributed by atoms with van der Waals surface area (Å²) in [5, 5.41) is 8.92. The Kier molecular flexibility index (Phi) is 6.40. The third-order valence-electron chi connectivity index (χ3n) is 3.91. The highest BCUT2D eigenvalue weighted by atomic mass is 16.5. The van der Waals surface area contributed by atoms with Crippen molar-refractivity contribution < 1.29 is 18.8 Å². The number of hydrogen-bond acceptors (Lipinski definition) is 6. The van der Waals surface area contributed by atoms with Gasteiger partial charge in [-0.1, -0.05) is 35.5 Å². The van der Waals surface area contributed by atoms with Crippen molar-refractivity contribution >= 4 is 12.0 Å². The summed E-state index contributed by atoms with van der Waals surface area (Å²) in [4.78, 5) is 27.8. The number of nitrogens with one attached hydrogen (secondary N) is 2. The van der Waals surface area contributed by atoms with Crippen molar-refractivity contribution in [1.29, 1.82) is 0 Å². The maximum Gasteiger partial charge on any atom is 0.407 e. The number of amides is 2. The standard InChI is InChI=1S/C19H21N5O4/c1-2-24-10-6-9-15(24)18-22-17(28-23-18)12-20-16(25)11-21-19(26)27-13-14-7-4-3-5-8-14/h3-10H,2,11-13H2,1H3,(H,20,25)(H,21,26). The molecule has 0 fully saturated rings.